The minimum Gasteiger partial charge on any atom is -0.507 e. The standard InChI is InChI=1S/C20H18N4O6S/c1-30-19-9-5-3-7-16(19)23-31(28,29)20-12-15(24(26)27)10-11-17(20)22-21-13-14-6-2-4-8-18(14)25/h2-13,22-23,25H,1H3. The smallest absolute Gasteiger partial charge is 0.270 e. The van der Waals surface area contributed by atoms with Gasteiger partial charge in [-0.2, -0.15) is 5.10 Å². The molecule has 31 heavy (non-hydrogen) atoms. The normalized spacial score (nSPS) is 11.3. The Morgan fingerprint density at radius 2 is 1.77 bits per heavy atom. The summed E-state index contributed by atoms with van der Waals surface area (Å²) < 4.78 is 33.6. The van der Waals surface area contributed by atoms with Crippen molar-refractivity contribution in [2.24, 2.45) is 5.10 Å². The minimum absolute atomic E-state index is 0.000307. The number of sulfonamides is 1. The van der Waals surface area contributed by atoms with E-state index in [9.17, 15) is 23.6 Å². The van der Waals surface area contributed by atoms with Crippen LogP contribution in [0, 0.1) is 10.1 Å². The number of ether oxygens (including phenoxy) is 1. The van der Waals surface area contributed by atoms with Gasteiger partial charge in [-0.15, -0.1) is 0 Å². The number of aromatic hydroxyl groups is 1. The first-order valence-corrected chi connectivity index (χ1v) is 10.3. The molecule has 3 rings (SSSR count). The zero-order valence-corrected chi connectivity index (χ0v) is 17.0. The second-order valence-electron chi connectivity index (χ2n) is 6.17. The molecule has 0 saturated heterocycles. The predicted octanol–water partition coefficient (Wildman–Crippen LogP) is 3.56. The van der Waals surface area contributed by atoms with Gasteiger partial charge >= 0.3 is 0 Å². The maximum atomic E-state index is 13.0. The highest BCUT2D eigenvalue weighted by molar-refractivity contribution is 7.93. The SMILES string of the molecule is COc1ccccc1NS(=O)(=O)c1cc([N+](=O)[O-])ccc1NN=Cc1ccccc1O. The van der Waals surface area contributed by atoms with Gasteiger partial charge in [0.15, 0.2) is 0 Å². The van der Waals surface area contributed by atoms with E-state index in [2.05, 4.69) is 15.2 Å². The van der Waals surface area contributed by atoms with Gasteiger partial charge in [0, 0.05) is 17.7 Å². The van der Waals surface area contributed by atoms with Crippen LogP contribution >= 0.6 is 0 Å². The Labute approximate surface area is 178 Å². The van der Waals surface area contributed by atoms with Gasteiger partial charge in [0.2, 0.25) is 0 Å². The highest BCUT2D eigenvalue weighted by atomic mass is 32.2. The Balaban J connectivity index is 1.98. The Morgan fingerprint density at radius 3 is 2.48 bits per heavy atom. The number of rotatable bonds is 8. The number of para-hydroxylation sites is 3. The number of phenolic OH excluding ortho intramolecular Hbond substituents is 1. The van der Waals surface area contributed by atoms with Crippen LogP contribution in [-0.2, 0) is 10.0 Å². The van der Waals surface area contributed by atoms with Crippen molar-refractivity contribution >= 4 is 33.3 Å². The summed E-state index contributed by atoms with van der Waals surface area (Å²) >= 11 is 0. The molecule has 0 bridgehead atoms. The van der Waals surface area contributed by atoms with Crippen LogP contribution in [0.15, 0.2) is 76.7 Å². The van der Waals surface area contributed by atoms with E-state index in [0.29, 0.717) is 5.56 Å². The minimum atomic E-state index is -4.26. The monoisotopic (exact) mass is 442 g/mol. The van der Waals surface area contributed by atoms with Gasteiger partial charge in [-0.05, 0) is 30.3 Å². The number of hydrogen-bond donors (Lipinski definition) is 3. The summed E-state index contributed by atoms with van der Waals surface area (Å²) in [7, 11) is -2.87. The molecular formula is C20H18N4O6S. The largest absolute Gasteiger partial charge is 0.507 e. The van der Waals surface area contributed by atoms with E-state index in [0.717, 1.165) is 12.1 Å². The first-order chi connectivity index (χ1) is 14.8. The van der Waals surface area contributed by atoms with E-state index in [4.69, 9.17) is 4.74 Å². The average Bonchev–Trinajstić information content (AvgIpc) is 2.75. The lowest BCUT2D eigenvalue weighted by Crippen LogP contribution is -2.15. The summed E-state index contributed by atoms with van der Waals surface area (Å²) in [6.07, 6.45) is 1.29. The molecule has 3 aromatic carbocycles. The number of anilines is 2. The number of nitro benzene ring substituents is 1. The van der Waals surface area contributed by atoms with Crippen molar-refractivity contribution in [1.82, 2.24) is 0 Å². The first kappa shape index (κ1) is 21.6. The van der Waals surface area contributed by atoms with Gasteiger partial charge in [-0.1, -0.05) is 24.3 Å². The lowest BCUT2D eigenvalue weighted by Gasteiger charge is -2.14. The van der Waals surface area contributed by atoms with Gasteiger partial charge in [0.1, 0.15) is 16.4 Å². The summed E-state index contributed by atoms with van der Waals surface area (Å²) in [6.45, 7) is 0. The molecule has 0 aliphatic carbocycles. The lowest BCUT2D eigenvalue weighted by atomic mass is 10.2. The maximum Gasteiger partial charge on any atom is 0.270 e. The van der Waals surface area contributed by atoms with Gasteiger partial charge < -0.3 is 9.84 Å². The number of nitrogens with one attached hydrogen (secondary N) is 2. The van der Waals surface area contributed by atoms with Crippen molar-refractivity contribution in [2.45, 2.75) is 4.90 Å². The number of non-ortho nitro benzene ring substituents is 1. The zero-order valence-electron chi connectivity index (χ0n) is 16.2. The van der Waals surface area contributed by atoms with Crippen LogP contribution in [0.2, 0.25) is 0 Å². The molecule has 10 nitrogen and oxygen atoms in total. The summed E-state index contributed by atoms with van der Waals surface area (Å²) in [4.78, 5) is 10.1. The van der Waals surface area contributed by atoms with E-state index in [1.54, 1.807) is 36.4 Å². The van der Waals surface area contributed by atoms with E-state index in [1.807, 2.05) is 0 Å². The van der Waals surface area contributed by atoms with E-state index < -0.39 is 20.6 Å². The summed E-state index contributed by atoms with van der Waals surface area (Å²) in [6, 6.07) is 16.1. The van der Waals surface area contributed by atoms with Crippen LogP contribution in [0.5, 0.6) is 11.5 Å². The molecule has 11 heteroatoms. The molecule has 0 radical (unpaired) electrons. The van der Waals surface area contributed by atoms with Crippen molar-refractivity contribution in [3.05, 3.63) is 82.4 Å². The number of methoxy groups -OCH3 is 1. The van der Waals surface area contributed by atoms with Crippen LogP contribution in [-0.4, -0.2) is 31.8 Å². The molecule has 0 aliphatic rings. The van der Waals surface area contributed by atoms with Gasteiger partial charge in [0.25, 0.3) is 15.7 Å². The second kappa shape index (κ2) is 9.13. The molecule has 0 atom stereocenters. The third-order valence-corrected chi connectivity index (χ3v) is 5.55. The lowest BCUT2D eigenvalue weighted by molar-refractivity contribution is -0.385. The quantitative estimate of drug-likeness (QED) is 0.275. The topological polar surface area (TPSA) is 143 Å². The number of phenols is 1. The maximum absolute atomic E-state index is 13.0. The Morgan fingerprint density at radius 1 is 1.06 bits per heavy atom. The Bertz CT molecular complexity index is 1240. The van der Waals surface area contributed by atoms with Crippen LogP contribution in [0.1, 0.15) is 5.56 Å². The number of hydrazone groups is 1. The number of benzene rings is 3. The molecule has 0 unspecified atom stereocenters. The average molecular weight is 442 g/mol. The highest BCUT2D eigenvalue weighted by Crippen LogP contribution is 2.31. The fourth-order valence-electron chi connectivity index (χ4n) is 2.64. The van der Waals surface area contributed by atoms with Crippen LogP contribution in [0.4, 0.5) is 17.1 Å². The molecule has 0 amide bonds. The van der Waals surface area contributed by atoms with Gasteiger partial charge in [-0.3, -0.25) is 20.3 Å². The Kier molecular flexibility index (Phi) is 6.36. The molecule has 0 fully saturated rings. The van der Waals surface area contributed by atoms with Crippen molar-refractivity contribution in [1.29, 1.82) is 0 Å². The summed E-state index contributed by atoms with van der Waals surface area (Å²) in [5, 5.41) is 24.9. The van der Waals surface area contributed by atoms with Gasteiger partial charge in [-0.25, -0.2) is 8.42 Å². The molecule has 0 heterocycles. The van der Waals surface area contributed by atoms with Crippen molar-refractivity contribution in [3.63, 3.8) is 0 Å². The van der Waals surface area contributed by atoms with Gasteiger partial charge in [0.05, 0.1) is 29.6 Å². The van der Waals surface area contributed by atoms with Crippen molar-refractivity contribution < 1.29 is 23.2 Å². The predicted molar refractivity (Wildman–Crippen MR) is 116 cm³/mol. The third kappa shape index (κ3) is 5.08. The van der Waals surface area contributed by atoms with Crippen molar-refractivity contribution in [2.75, 3.05) is 17.3 Å². The number of nitro groups is 1. The fourth-order valence-corrected chi connectivity index (χ4v) is 3.88. The molecule has 0 aliphatic heterocycles. The molecule has 3 N–H and O–H groups in total. The fraction of sp³-hybridized carbons (Fsp3) is 0.0500. The highest BCUT2D eigenvalue weighted by Gasteiger charge is 2.23. The Hall–Kier alpha value is -4.12. The second-order valence-corrected chi connectivity index (χ2v) is 7.82. The molecular weight excluding hydrogens is 424 g/mol. The molecule has 0 aromatic heterocycles. The van der Waals surface area contributed by atoms with E-state index in [1.165, 1.54) is 31.5 Å². The zero-order chi connectivity index (χ0) is 22.4. The summed E-state index contributed by atoms with van der Waals surface area (Å²) in [5.74, 6) is 0.269. The van der Waals surface area contributed by atoms with Crippen LogP contribution < -0.4 is 14.9 Å². The number of nitrogens with zero attached hydrogens (tertiary/aromatic N) is 2. The third-order valence-electron chi connectivity index (χ3n) is 4.14. The van der Waals surface area contributed by atoms with Crippen LogP contribution in [0.3, 0.4) is 0 Å². The summed E-state index contributed by atoms with van der Waals surface area (Å²) in [5.41, 5.74) is 2.72. The first-order valence-electron chi connectivity index (χ1n) is 8.83. The molecule has 0 saturated carbocycles. The van der Waals surface area contributed by atoms with E-state index in [-0.39, 0.29) is 27.8 Å². The van der Waals surface area contributed by atoms with E-state index >= 15 is 0 Å². The molecule has 3 aromatic rings. The molecule has 0 spiro atoms. The molecule has 160 valence electrons. The van der Waals surface area contributed by atoms with Crippen LogP contribution in [0.25, 0.3) is 0 Å². The van der Waals surface area contributed by atoms with Crippen molar-refractivity contribution in [3.8, 4) is 11.5 Å². The number of hydrogen-bond acceptors (Lipinski definition) is 8.